The third-order valence-corrected chi connectivity index (χ3v) is 3.38. The Hall–Kier alpha value is -0.240. The normalized spacial score (nSPS) is 12.8. The Morgan fingerprint density at radius 1 is 1.31 bits per heavy atom. The molecule has 90 valence electrons. The summed E-state index contributed by atoms with van der Waals surface area (Å²) in [5.41, 5.74) is 1.14. The van der Waals surface area contributed by atoms with Gasteiger partial charge in [-0.05, 0) is 43.5 Å². The molecule has 1 aromatic rings. The Bertz CT molecular complexity index is 326. The van der Waals surface area contributed by atoms with Gasteiger partial charge in [0.05, 0.1) is 10.0 Å². The lowest BCUT2D eigenvalue weighted by molar-refractivity contribution is 0.511. The molecule has 0 aliphatic heterocycles. The van der Waals surface area contributed by atoms with E-state index in [-0.39, 0.29) is 0 Å². The Morgan fingerprint density at radius 2 is 2.06 bits per heavy atom. The van der Waals surface area contributed by atoms with Gasteiger partial charge in [-0.25, -0.2) is 0 Å². The predicted molar refractivity (Wildman–Crippen MR) is 72.5 cm³/mol. The lowest BCUT2D eigenvalue weighted by atomic mass is 10.0. The fourth-order valence-electron chi connectivity index (χ4n) is 1.68. The SMILES string of the molecule is CCCNCC(C)Cc1cccc(Cl)c1Cl. The number of rotatable bonds is 6. The molecule has 1 nitrogen and oxygen atoms in total. The highest BCUT2D eigenvalue weighted by Crippen LogP contribution is 2.27. The van der Waals surface area contributed by atoms with Crippen LogP contribution in [-0.4, -0.2) is 13.1 Å². The van der Waals surface area contributed by atoms with Crippen molar-refractivity contribution in [2.24, 2.45) is 5.92 Å². The van der Waals surface area contributed by atoms with E-state index in [0.717, 1.165) is 25.1 Å². The van der Waals surface area contributed by atoms with Crippen molar-refractivity contribution < 1.29 is 0 Å². The molecule has 0 aliphatic rings. The number of nitrogens with one attached hydrogen (secondary N) is 1. The van der Waals surface area contributed by atoms with Crippen LogP contribution in [0.25, 0.3) is 0 Å². The number of halogens is 2. The fourth-order valence-corrected chi connectivity index (χ4v) is 2.08. The smallest absolute Gasteiger partial charge is 0.0624 e. The molecule has 1 rings (SSSR count). The number of hydrogen-bond donors (Lipinski definition) is 1. The van der Waals surface area contributed by atoms with Gasteiger partial charge in [-0.3, -0.25) is 0 Å². The lowest BCUT2D eigenvalue weighted by Gasteiger charge is -2.13. The van der Waals surface area contributed by atoms with Crippen molar-refractivity contribution in [2.45, 2.75) is 26.7 Å². The fraction of sp³-hybridized carbons (Fsp3) is 0.538. The topological polar surface area (TPSA) is 12.0 Å². The van der Waals surface area contributed by atoms with Gasteiger partial charge in [-0.2, -0.15) is 0 Å². The highest BCUT2D eigenvalue weighted by Gasteiger charge is 2.08. The third kappa shape index (κ3) is 4.32. The first-order chi connectivity index (χ1) is 7.65. The zero-order chi connectivity index (χ0) is 12.0. The van der Waals surface area contributed by atoms with Gasteiger partial charge in [-0.1, -0.05) is 49.2 Å². The minimum atomic E-state index is 0.572. The van der Waals surface area contributed by atoms with Crippen LogP contribution in [0.3, 0.4) is 0 Å². The Labute approximate surface area is 108 Å². The Kier molecular flexibility index (Phi) is 6.18. The zero-order valence-electron chi connectivity index (χ0n) is 9.89. The maximum Gasteiger partial charge on any atom is 0.0624 e. The van der Waals surface area contributed by atoms with Crippen LogP contribution in [0.2, 0.25) is 10.0 Å². The molecule has 1 unspecified atom stereocenters. The van der Waals surface area contributed by atoms with Crippen LogP contribution in [0.5, 0.6) is 0 Å². The molecule has 0 spiro atoms. The molecule has 0 saturated heterocycles. The van der Waals surface area contributed by atoms with Crippen molar-refractivity contribution in [1.82, 2.24) is 5.32 Å². The summed E-state index contributed by atoms with van der Waals surface area (Å²) in [5.74, 6) is 0.572. The number of benzene rings is 1. The second-order valence-electron chi connectivity index (χ2n) is 4.23. The summed E-state index contributed by atoms with van der Waals surface area (Å²) in [7, 11) is 0. The van der Waals surface area contributed by atoms with Gasteiger partial charge in [0.1, 0.15) is 0 Å². The van der Waals surface area contributed by atoms with Crippen LogP contribution in [0.1, 0.15) is 25.8 Å². The molecule has 0 fully saturated rings. The molecule has 1 atom stereocenters. The summed E-state index contributed by atoms with van der Waals surface area (Å²) >= 11 is 12.1. The molecular formula is C13H19Cl2N. The average molecular weight is 260 g/mol. The van der Waals surface area contributed by atoms with Gasteiger partial charge in [0.15, 0.2) is 0 Å². The predicted octanol–water partition coefficient (Wildman–Crippen LogP) is 4.17. The Morgan fingerprint density at radius 3 is 2.75 bits per heavy atom. The van der Waals surface area contributed by atoms with E-state index in [0.29, 0.717) is 16.0 Å². The third-order valence-electron chi connectivity index (χ3n) is 2.52. The van der Waals surface area contributed by atoms with E-state index in [9.17, 15) is 0 Å². The molecular weight excluding hydrogens is 241 g/mol. The minimum absolute atomic E-state index is 0.572. The van der Waals surface area contributed by atoms with Crippen molar-refractivity contribution in [1.29, 1.82) is 0 Å². The maximum atomic E-state index is 6.15. The minimum Gasteiger partial charge on any atom is -0.316 e. The molecule has 0 aliphatic carbocycles. The van der Waals surface area contributed by atoms with Crippen molar-refractivity contribution >= 4 is 23.2 Å². The summed E-state index contributed by atoms with van der Waals surface area (Å²) < 4.78 is 0. The first-order valence-electron chi connectivity index (χ1n) is 5.78. The van der Waals surface area contributed by atoms with Crippen molar-refractivity contribution in [3.05, 3.63) is 33.8 Å². The summed E-state index contributed by atoms with van der Waals surface area (Å²) in [6, 6.07) is 5.83. The first kappa shape index (κ1) is 13.8. The largest absolute Gasteiger partial charge is 0.316 e. The standard InChI is InChI=1S/C13H19Cl2N/c1-3-7-16-9-10(2)8-11-5-4-6-12(14)13(11)15/h4-6,10,16H,3,7-9H2,1-2H3. The second-order valence-corrected chi connectivity index (χ2v) is 5.01. The highest BCUT2D eigenvalue weighted by molar-refractivity contribution is 6.42. The van der Waals surface area contributed by atoms with Gasteiger partial charge < -0.3 is 5.32 Å². The molecule has 0 bridgehead atoms. The van der Waals surface area contributed by atoms with Gasteiger partial charge >= 0.3 is 0 Å². The molecule has 3 heteroatoms. The van der Waals surface area contributed by atoms with E-state index in [4.69, 9.17) is 23.2 Å². The molecule has 0 saturated carbocycles. The molecule has 0 radical (unpaired) electrons. The number of hydrogen-bond acceptors (Lipinski definition) is 1. The van der Waals surface area contributed by atoms with E-state index < -0.39 is 0 Å². The van der Waals surface area contributed by atoms with Crippen LogP contribution in [0.15, 0.2) is 18.2 Å². The van der Waals surface area contributed by atoms with Gasteiger partial charge in [0, 0.05) is 0 Å². The molecule has 16 heavy (non-hydrogen) atoms. The monoisotopic (exact) mass is 259 g/mol. The van der Waals surface area contributed by atoms with Gasteiger partial charge in [-0.15, -0.1) is 0 Å². The van der Waals surface area contributed by atoms with E-state index in [1.54, 1.807) is 0 Å². The van der Waals surface area contributed by atoms with E-state index in [1.807, 2.05) is 18.2 Å². The summed E-state index contributed by atoms with van der Waals surface area (Å²) in [6.07, 6.45) is 2.14. The molecule has 1 aromatic carbocycles. The quantitative estimate of drug-likeness (QED) is 0.757. The van der Waals surface area contributed by atoms with Gasteiger partial charge in [0.25, 0.3) is 0 Å². The molecule has 0 amide bonds. The molecule has 0 aromatic heterocycles. The highest BCUT2D eigenvalue weighted by atomic mass is 35.5. The second kappa shape index (κ2) is 7.16. The Balaban J connectivity index is 2.49. The van der Waals surface area contributed by atoms with E-state index >= 15 is 0 Å². The first-order valence-corrected chi connectivity index (χ1v) is 6.54. The molecule has 1 N–H and O–H groups in total. The summed E-state index contributed by atoms with van der Waals surface area (Å²) in [6.45, 7) is 6.50. The lowest BCUT2D eigenvalue weighted by Crippen LogP contribution is -2.23. The maximum absolute atomic E-state index is 6.15. The van der Waals surface area contributed by atoms with Crippen LogP contribution in [-0.2, 0) is 6.42 Å². The van der Waals surface area contributed by atoms with Crippen molar-refractivity contribution in [3.63, 3.8) is 0 Å². The van der Waals surface area contributed by atoms with E-state index in [2.05, 4.69) is 19.2 Å². The van der Waals surface area contributed by atoms with Crippen LogP contribution >= 0.6 is 23.2 Å². The summed E-state index contributed by atoms with van der Waals surface area (Å²) in [4.78, 5) is 0. The van der Waals surface area contributed by atoms with Crippen LogP contribution in [0.4, 0.5) is 0 Å². The van der Waals surface area contributed by atoms with Crippen LogP contribution in [0, 0.1) is 5.92 Å². The van der Waals surface area contributed by atoms with Crippen LogP contribution < -0.4 is 5.32 Å². The average Bonchev–Trinajstić information content (AvgIpc) is 2.25. The zero-order valence-corrected chi connectivity index (χ0v) is 11.4. The summed E-state index contributed by atoms with van der Waals surface area (Å²) in [5, 5.41) is 4.76. The van der Waals surface area contributed by atoms with E-state index in [1.165, 1.54) is 6.42 Å². The molecule has 0 heterocycles. The van der Waals surface area contributed by atoms with Gasteiger partial charge in [0.2, 0.25) is 0 Å². The van der Waals surface area contributed by atoms with Crippen molar-refractivity contribution in [3.8, 4) is 0 Å². The van der Waals surface area contributed by atoms with Crippen molar-refractivity contribution in [2.75, 3.05) is 13.1 Å².